The van der Waals surface area contributed by atoms with Crippen LogP contribution in [0.2, 0.25) is 0 Å². The molecule has 8 heteroatoms. The van der Waals surface area contributed by atoms with Crippen LogP contribution in [0.5, 0.6) is 5.75 Å². The molecule has 5 rings (SSSR count). The second-order valence-electron chi connectivity index (χ2n) is 6.70. The molecule has 0 atom stereocenters. The lowest BCUT2D eigenvalue weighted by molar-refractivity contribution is 0.413. The van der Waals surface area contributed by atoms with Crippen LogP contribution in [-0.2, 0) is 0 Å². The summed E-state index contributed by atoms with van der Waals surface area (Å²) in [6.45, 7) is 1.95. The second kappa shape index (κ2) is 7.57. The number of fused-ring (bicyclic) bond motifs is 1. The standard InChI is InChI=1S/C22H18N6OS/c1-14-11-28(12-23-14)17-9-8-16(10-18(17)29-2)25-22-26-19(15-6-4-3-5-7-15)20-21(27-22)24-13-30-20/h3-13H,1-2H3,(H,25,26,27). The number of hydrogen-bond donors (Lipinski definition) is 1. The van der Waals surface area contributed by atoms with Gasteiger partial charge in [0.2, 0.25) is 5.95 Å². The van der Waals surface area contributed by atoms with Gasteiger partial charge in [-0.05, 0) is 19.1 Å². The Morgan fingerprint density at radius 1 is 1.03 bits per heavy atom. The van der Waals surface area contributed by atoms with Gasteiger partial charge in [-0.2, -0.15) is 4.98 Å². The minimum absolute atomic E-state index is 0.487. The number of anilines is 2. The Kier molecular flexibility index (Phi) is 4.61. The van der Waals surface area contributed by atoms with E-state index >= 15 is 0 Å². The van der Waals surface area contributed by atoms with Gasteiger partial charge in [0.1, 0.15) is 5.75 Å². The minimum atomic E-state index is 0.487. The van der Waals surface area contributed by atoms with Gasteiger partial charge in [0.25, 0.3) is 0 Å². The van der Waals surface area contributed by atoms with E-state index in [1.54, 1.807) is 18.9 Å². The number of nitrogens with zero attached hydrogens (tertiary/aromatic N) is 5. The van der Waals surface area contributed by atoms with E-state index in [1.165, 1.54) is 11.3 Å². The highest BCUT2D eigenvalue weighted by atomic mass is 32.1. The zero-order valence-electron chi connectivity index (χ0n) is 16.4. The molecule has 0 saturated heterocycles. The van der Waals surface area contributed by atoms with Gasteiger partial charge in [-0.1, -0.05) is 30.3 Å². The monoisotopic (exact) mass is 414 g/mol. The number of benzene rings is 2. The molecule has 0 radical (unpaired) electrons. The van der Waals surface area contributed by atoms with Gasteiger partial charge in [-0.25, -0.2) is 15.0 Å². The van der Waals surface area contributed by atoms with E-state index in [9.17, 15) is 0 Å². The Labute approximate surface area is 177 Å². The molecule has 0 unspecified atom stereocenters. The van der Waals surface area contributed by atoms with Crippen molar-refractivity contribution in [3.05, 3.63) is 72.3 Å². The van der Waals surface area contributed by atoms with Crippen LogP contribution in [0.25, 0.3) is 27.3 Å². The van der Waals surface area contributed by atoms with Crippen LogP contribution in [0.4, 0.5) is 11.6 Å². The molecular weight excluding hydrogens is 396 g/mol. The smallest absolute Gasteiger partial charge is 0.229 e. The molecule has 7 nitrogen and oxygen atoms in total. The van der Waals surface area contributed by atoms with Crippen molar-refractivity contribution < 1.29 is 4.74 Å². The van der Waals surface area contributed by atoms with Crippen molar-refractivity contribution in [1.29, 1.82) is 0 Å². The largest absolute Gasteiger partial charge is 0.494 e. The lowest BCUT2D eigenvalue weighted by Crippen LogP contribution is -2.01. The van der Waals surface area contributed by atoms with Gasteiger partial charge in [0, 0.05) is 23.5 Å². The molecule has 0 fully saturated rings. The van der Waals surface area contributed by atoms with Crippen molar-refractivity contribution in [1.82, 2.24) is 24.5 Å². The van der Waals surface area contributed by atoms with Gasteiger partial charge in [0.05, 0.1) is 40.7 Å². The highest BCUT2D eigenvalue weighted by molar-refractivity contribution is 7.17. The van der Waals surface area contributed by atoms with Crippen molar-refractivity contribution in [3.8, 4) is 22.7 Å². The van der Waals surface area contributed by atoms with Crippen LogP contribution in [0.15, 0.2) is 66.6 Å². The lowest BCUT2D eigenvalue weighted by Gasteiger charge is -2.12. The number of aromatic nitrogens is 5. The highest BCUT2D eigenvalue weighted by Gasteiger charge is 2.13. The molecule has 0 aliphatic carbocycles. The first-order chi connectivity index (χ1) is 14.7. The van der Waals surface area contributed by atoms with E-state index < -0.39 is 0 Å². The number of imidazole rings is 1. The first-order valence-electron chi connectivity index (χ1n) is 9.34. The summed E-state index contributed by atoms with van der Waals surface area (Å²) in [5, 5.41) is 3.29. The van der Waals surface area contributed by atoms with E-state index in [1.807, 2.05) is 66.2 Å². The Morgan fingerprint density at radius 2 is 1.90 bits per heavy atom. The van der Waals surface area contributed by atoms with Gasteiger partial charge in [-0.3, -0.25) is 0 Å². The van der Waals surface area contributed by atoms with Crippen LogP contribution in [0.1, 0.15) is 5.69 Å². The van der Waals surface area contributed by atoms with Gasteiger partial charge < -0.3 is 14.6 Å². The maximum absolute atomic E-state index is 5.60. The quantitative estimate of drug-likeness (QED) is 0.436. The molecule has 0 saturated carbocycles. The first kappa shape index (κ1) is 18.3. The molecule has 30 heavy (non-hydrogen) atoms. The summed E-state index contributed by atoms with van der Waals surface area (Å²) < 4.78 is 8.50. The van der Waals surface area contributed by atoms with Gasteiger partial charge >= 0.3 is 0 Å². The summed E-state index contributed by atoms with van der Waals surface area (Å²) in [6, 6.07) is 15.9. The highest BCUT2D eigenvalue weighted by Crippen LogP contribution is 2.32. The number of thiazole rings is 1. The van der Waals surface area contributed by atoms with Gasteiger partial charge in [-0.15, -0.1) is 11.3 Å². The molecule has 0 spiro atoms. The molecule has 0 aliphatic heterocycles. The Morgan fingerprint density at radius 3 is 2.67 bits per heavy atom. The third kappa shape index (κ3) is 3.37. The number of methoxy groups -OCH3 is 1. The number of aryl methyl sites for hydroxylation is 1. The third-order valence-corrected chi connectivity index (χ3v) is 5.49. The Bertz CT molecular complexity index is 1330. The van der Waals surface area contributed by atoms with E-state index in [2.05, 4.69) is 20.3 Å². The van der Waals surface area contributed by atoms with Crippen LogP contribution in [0, 0.1) is 6.92 Å². The molecule has 3 aromatic heterocycles. The van der Waals surface area contributed by atoms with Crippen molar-refractivity contribution in [2.24, 2.45) is 0 Å². The molecule has 5 aromatic rings. The van der Waals surface area contributed by atoms with E-state index in [0.717, 1.165) is 38.8 Å². The van der Waals surface area contributed by atoms with Gasteiger partial charge in [0.15, 0.2) is 5.65 Å². The fraction of sp³-hybridized carbons (Fsp3) is 0.0909. The van der Waals surface area contributed by atoms with Crippen molar-refractivity contribution >= 4 is 33.3 Å². The summed E-state index contributed by atoms with van der Waals surface area (Å²) in [5.74, 6) is 1.20. The van der Waals surface area contributed by atoms with Crippen molar-refractivity contribution in [2.75, 3.05) is 12.4 Å². The van der Waals surface area contributed by atoms with Crippen LogP contribution < -0.4 is 10.1 Å². The second-order valence-corrected chi connectivity index (χ2v) is 7.56. The summed E-state index contributed by atoms with van der Waals surface area (Å²) in [4.78, 5) is 18.0. The number of hydrogen-bond acceptors (Lipinski definition) is 7. The lowest BCUT2D eigenvalue weighted by atomic mass is 10.1. The minimum Gasteiger partial charge on any atom is -0.494 e. The fourth-order valence-electron chi connectivity index (χ4n) is 3.26. The van der Waals surface area contributed by atoms with Crippen LogP contribution in [-0.4, -0.2) is 31.6 Å². The molecule has 0 bridgehead atoms. The average molecular weight is 414 g/mol. The Hall–Kier alpha value is -3.78. The van der Waals surface area contributed by atoms with E-state index in [0.29, 0.717) is 11.6 Å². The summed E-state index contributed by atoms with van der Waals surface area (Å²) in [7, 11) is 1.65. The van der Waals surface area contributed by atoms with Crippen LogP contribution >= 0.6 is 11.3 Å². The average Bonchev–Trinajstić information content (AvgIpc) is 3.42. The topological polar surface area (TPSA) is 77.8 Å². The third-order valence-electron chi connectivity index (χ3n) is 4.67. The first-order valence-corrected chi connectivity index (χ1v) is 10.2. The van der Waals surface area contributed by atoms with Crippen molar-refractivity contribution in [3.63, 3.8) is 0 Å². The van der Waals surface area contributed by atoms with Crippen molar-refractivity contribution in [2.45, 2.75) is 6.92 Å². The fourth-order valence-corrected chi connectivity index (χ4v) is 4.00. The van der Waals surface area contributed by atoms with E-state index in [4.69, 9.17) is 9.72 Å². The summed E-state index contributed by atoms with van der Waals surface area (Å²) in [5.41, 5.74) is 7.03. The molecule has 2 aromatic carbocycles. The zero-order chi connectivity index (χ0) is 20.5. The predicted octanol–water partition coefficient (Wildman–Crippen LogP) is 5.00. The molecule has 3 heterocycles. The molecule has 0 aliphatic rings. The van der Waals surface area contributed by atoms with E-state index in [-0.39, 0.29) is 0 Å². The molecular formula is C22H18N6OS. The summed E-state index contributed by atoms with van der Waals surface area (Å²) >= 11 is 1.54. The number of ether oxygens (including phenoxy) is 1. The maximum Gasteiger partial charge on any atom is 0.229 e. The number of nitrogens with one attached hydrogen (secondary N) is 1. The summed E-state index contributed by atoms with van der Waals surface area (Å²) in [6.07, 6.45) is 3.72. The SMILES string of the molecule is COc1cc(Nc2nc(-c3ccccc3)c3scnc3n2)ccc1-n1cnc(C)c1. The predicted molar refractivity (Wildman–Crippen MR) is 119 cm³/mol. The Balaban J connectivity index is 1.53. The van der Waals surface area contributed by atoms with Crippen LogP contribution in [0.3, 0.4) is 0 Å². The molecule has 1 N–H and O–H groups in total. The normalized spacial score (nSPS) is 11.0. The maximum atomic E-state index is 5.60. The molecule has 0 amide bonds. The number of rotatable bonds is 5. The zero-order valence-corrected chi connectivity index (χ0v) is 17.2. The molecule has 148 valence electrons.